The van der Waals surface area contributed by atoms with Gasteiger partial charge in [-0.1, -0.05) is 12.1 Å². The molecule has 0 atom stereocenters. The quantitative estimate of drug-likeness (QED) is 0.421. The predicted molar refractivity (Wildman–Crippen MR) is 112 cm³/mol. The van der Waals surface area contributed by atoms with Gasteiger partial charge in [-0.05, 0) is 55.7 Å². The summed E-state index contributed by atoms with van der Waals surface area (Å²) in [7, 11) is -3.70. The van der Waals surface area contributed by atoms with E-state index >= 15 is 0 Å². The van der Waals surface area contributed by atoms with Crippen LogP contribution >= 0.6 is 0 Å². The second kappa shape index (κ2) is 8.82. The molecule has 0 fully saturated rings. The van der Waals surface area contributed by atoms with E-state index in [-0.39, 0.29) is 5.69 Å². The van der Waals surface area contributed by atoms with Crippen LogP contribution in [0.5, 0.6) is 0 Å². The maximum atomic E-state index is 12.3. The number of sulfonamides is 1. The zero-order valence-corrected chi connectivity index (χ0v) is 17.4. The summed E-state index contributed by atoms with van der Waals surface area (Å²) in [6, 6.07) is 10.9. The SMILES string of the molecule is C/C(=N/NC(=O)CN(c1cccc(C)c1C)S(C)(=O)=O)c1ccc([N+](=O)[O-])cc1. The number of nitrogens with one attached hydrogen (secondary N) is 1. The minimum atomic E-state index is -3.70. The minimum absolute atomic E-state index is 0.0529. The number of nitrogens with zero attached hydrogens (tertiary/aromatic N) is 3. The molecule has 2 aromatic rings. The van der Waals surface area contributed by atoms with Crippen LogP contribution < -0.4 is 9.73 Å². The highest BCUT2D eigenvalue weighted by Gasteiger charge is 2.22. The van der Waals surface area contributed by atoms with E-state index in [1.54, 1.807) is 26.0 Å². The molecule has 0 radical (unpaired) electrons. The van der Waals surface area contributed by atoms with Crippen molar-refractivity contribution in [3.8, 4) is 0 Å². The Morgan fingerprint density at radius 2 is 1.79 bits per heavy atom. The van der Waals surface area contributed by atoms with Gasteiger partial charge in [0.15, 0.2) is 0 Å². The van der Waals surface area contributed by atoms with Crippen LogP contribution in [0.25, 0.3) is 0 Å². The van der Waals surface area contributed by atoms with Crippen molar-refractivity contribution in [2.75, 3.05) is 17.1 Å². The van der Waals surface area contributed by atoms with Crippen molar-refractivity contribution in [3.63, 3.8) is 0 Å². The summed E-state index contributed by atoms with van der Waals surface area (Å²) in [6.45, 7) is 4.84. The van der Waals surface area contributed by atoms with Gasteiger partial charge in [-0.3, -0.25) is 19.2 Å². The lowest BCUT2D eigenvalue weighted by molar-refractivity contribution is -0.384. The molecule has 0 heterocycles. The Balaban J connectivity index is 2.17. The number of nitro groups is 1. The summed E-state index contributed by atoms with van der Waals surface area (Å²) in [4.78, 5) is 22.5. The van der Waals surface area contributed by atoms with E-state index in [1.807, 2.05) is 13.0 Å². The first-order valence-corrected chi connectivity index (χ1v) is 10.5. The molecule has 0 aliphatic rings. The van der Waals surface area contributed by atoms with Gasteiger partial charge >= 0.3 is 0 Å². The van der Waals surface area contributed by atoms with Crippen LogP contribution in [0.2, 0.25) is 0 Å². The fourth-order valence-electron chi connectivity index (χ4n) is 2.59. The van der Waals surface area contributed by atoms with E-state index in [9.17, 15) is 23.3 Å². The summed E-state index contributed by atoms with van der Waals surface area (Å²) in [6.07, 6.45) is 1.04. The van der Waals surface area contributed by atoms with Crippen LogP contribution in [0.15, 0.2) is 47.6 Å². The van der Waals surface area contributed by atoms with Crippen LogP contribution in [0, 0.1) is 24.0 Å². The molecule has 0 spiro atoms. The van der Waals surface area contributed by atoms with E-state index < -0.39 is 27.4 Å². The minimum Gasteiger partial charge on any atom is -0.271 e. The number of aryl methyl sites for hydroxylation is 1. The van der Waals surface area contributed by atoms with Crippen molar-refractivity contribution in [2.24, 2.45) is 5.10 Å². The van der Waals surface area contributed by atoms with E-state index in [1.165, 1.54) is 24.3 Å². The summed E-state index contributed by atoms with van der Waals surface area (Å²) in [5, 5.41) is 14.7. The van der Waals surface area contributed by atoms with Gasteiger partial charge in [-0.15, -0.1) is 0 Å². The zero-order chi connectivity index (χ0) is 21.8. The molecule has 29 heavy (non-hydrogen) atoms. The molecule has 9 nitrogen and oxygen atoms in total. The second-order valence-corrected chi connectivity index (χ2v) is 8.43. The predicted octanol–water partition coefficient (Wildman–Crippen LogP) is 2.52. The topological polar surface area (TPSA) is 122 Å². The van der Waals surface area contributed by atoms with Crippen LogP contribution in [-0.4, -0.2) is 37.8 Å². The molecule has 10 heteroatoms. The van der Waals surface area contributed by atoms with E-state index in [0.717, 1.165) is 21.7 Å². The largest absolute Gasteiger partial charge is 0.271 e. The van der Waals surface area contributed by atoms with Crippen LogP contribution in [-0.2, 0) is 14.8 Å². The van der Waals surface area contributed by atoms with Crippen molar-refractivity contribution < 1.29 is 18.1 Å². The zero-order valence-electron chi connectivity index (χ0n) is 16.5. The van der Waals surface area contributed by atoms with Gasteiger partial charge in [-0.25, -0.2) is 13.8 Å². The molecule has 0 aromatic heterocycles. The first-order chi connectivity index (χ1) is 13.5. The molecule has 2 rings (SSSR count). The lowest BCUT2D eigenvalue weighted by Crippen LogP contribution is -2.39. The number of hydrazone groups is 1. The third-order valence-electron chi connectivity index (χ3n) is 4.38. The lowest BCUT2D eigenvalue weighted by Gasteiger charge is -2.24. The number of nitro benzene ring substituents is 1. The number of carbonyl (C=O) groups is 1. The van der Waals surface area contributed by atoms with Gasteiger partial charge in [0.1, 0.15) is 6.54 Å². The van der Waals surface area contributed by atoms with Crippen molar-refractivity contribution in [2.45, 2.75) is 20.8 Å². The Morgan fingerprint density at radius 1 is 1.17 bits per heavy atom. The van der Waals surface area contributed by atoms with Crippen LogP contribution in [0.1, 0.15) is 23.6 Å². The van der Waals surface area contributed by atoms with E-state index in [2.05, 4.69) is 10.5 Å². The summed E-state index contributed by atoms with van der Waals surface area (Å²) in [5.41, 5.74) is 5.39. The molecular formula is C19H22N4O5S. The summed E-state index contributed by atoms with van der Waals surface area (Å²) < 4.78 is 25.5. The van der Waals surface area contributed by atoms with Gasteiger partial charge in [-0.2, -0.15) is 5.10 Å². The second-order valence-electron chi connectivity index (χ2n) is 6.52. The number of amides is 1. The van der Waals surface area contributed by atoms with Crippen molar-refractivity contribution >= 4 is 33.0 Å². The Kier molecular flexibility index (Phi) is 6.70. The third-order valence-corrected chi connectivity index (χ3v) is 5.50. The number of hydrogen-bond acceptors (Lipinski definition) is 6. The lowest BCUT2D eigenvalue weighted by atomic mass is 10.1. The van der Waals surface area contributed by atoms with Gasteiger partial charge < -0.3 is 0 Å². The molecule has 1 amide bonds. The molecule has 0 aliphatic heterocycles. The maximum Gasteiger partial charge on any atom is 0.269 e. The van der Waals surface area contributed by atoms with Gasteiger partial charge in [0.05, 0.1) is 22.6 Å². The average molecular weight is 418 g/mol. The Morgan fingerprint density at radius 3 is 2.34 bits per heavy atom. The Bertz CT molecular complexity index is 1060. The smallest absolute Gasteiger partial charge is 0.269 e. The monoisotopic (exact) mass is 418 g/mol. The molecule has 0 bridgehead atoms. The number of hydrogen-bond donors (Lipinski definition) is 1. The Labute approximate surface area is 169 Å². The Hall–Kier alpha value is -3.27. The van der Waals surface area contributed by atoms with Crippen LogP contribution in [0.3, 0.4) is 0 Å². The standard InChI is InChI=1S/C19H22N4O5S/c1-13-6-5-7-18(14(13)2)22(29(4,27)28)12-19(24)21-20-15(3)16-8-10-17(11-9-16)23(25)26/h5-11H,12H2,1-4H3,(H,21,24)/b20-15-. The first kappa shape index (κ1) is 22.0. The number of benzene rings is 2. The molecule has 154 valence electrons. The molecule has 0 unspecified atom stereocenters. The number of anilines is 1. The average Bonchev–Trinajstić information content (AvgIpc) is 2.66. The maximum absolute atomic E-state index is 12.3. The van der Waals surface area contributed by atoms with Crippen molar-refractivity contribution in [1.29, 1.82) is 0 Å². The molecule has 0 saturated heterocycles. The number of rotatable bonds is 7. The summed E-state index contributed by atoms with van der Waals surface area (Å²) in [5.74, 6) is -0.613. The van der Waals surface area contributed by atoms with Crippen LogP contribution in [0.4, 0.5) is 11.4 Å². The fraction of sp³-hybridized carbons (Fsp3) is 0.263. The fourth-order valence-corrected chi connectivity index (χ4v) is 3.49. The third kappa shape index (κ3) is 5.61. The van der Waals surface area contributed by atoms with Gasteiger partial charge in [0, 0.05) is 12.1 Å². The number of carbonyl (C=O) groups excluding carboxylic acids is 1. The van der Waals surface area contributed by atoms with Gasteiger partial charge in [0.2, 0.25) is 10.0 Å². The highest BCUT2D eigenvalue weighted by atomic mass is 32.2. The first-order valence-electron chi connectivity index (χ1n) is 8.62. The molecule has 2 aromatic carbocycles. The van der Waals surface area contributed by atoms with Crippen molar-refractivity contribution in [1.82, 2.24) is 5.43 Å². The highest BCUT2D eigenvalue weighted by molar-refractivity contribution is 7.92. The highest BCUT2D eigenvalue weighted by Crippen LogP contribution is 2.24. The molecular weight excluding hydrogens is 396 g/mol. The van der Waals surface area contributed by atoms with E-state index in [0.29, 0.717) is 17.0 Å². The molecule has 0 saturated carbocycles. The van der Waals surface area contributed by atoms with E-state index in [4.69, 9.17) is 0 Å². The number of non-ortho nitro benzene ring substituents is 1. The normalized spacial score (nSPS) is 11.8. The molecule has 0 aliphatic carbocycles. The van der Waals surface area contributed by atoms with Crippen molar-refractivity contribution in [3.05, 3.63) is 69.3 Å². The molecule has 1 N–H and O–H groups in total. The van der Waals surface area contributed by atoms with Gasteiger partial charge in [0.25, 0.3) is 11.6 Å². The summed E-state index contributed by atoms with van der Waals surface area (Å²) >= 11 is 0.